The molecule has 10 nitrogen and oxygen atoms in total. The fourth-order valence-electron chi connectivity index (χ4n) is 4.50. The Balaban J connectivity index is 1.76. The van der Waals surface area contributed by atoms with Crippen molar-refractivity contribution in [3.63, 3.8) is 0 Å². The summed E-state index contributed by atoms with van der Waals surface area (Å²) in [4.78, 5) is 29.0. The van der Waals surface area contributed by atoms with E-state index in [1.165, 1.54) is 30.3 Å². The van der Waals surface area contributed by atoms with Crippen molar-refractivity contribution >= 4 is 58.3 Å². The van der Waals surface area contributed by atoms with Crippen LogP contribution < -0.4 is 10.1 Å². The van der Waals surface area contributed by atoms with E-state index in [1.54, 1.807) is 0 Å². The van der Waals surface area contributed by atoms with Crippen molar-refractivity contribution in [1.29, 1.82) is 0 Å². The lowest BCUT2D eigenvalue weighted by Crippen LogP contribution is -2.34. The molecule has 38 heavy (non-hydrogen) atoms. The smallest absolute Gasteiger partial charge is 0.341 e. The summed E-state index contributed by atoms with van der Waals surface area (Å²) in [7, 11) is 0. The number of halogens is 4. The van der Waals surface area contributed by atoms with E-state index in [4.69, 9.17) is 61.4 Å². The lowest BCUT2D eigenvalue weighted by atomic mass is 9.77. The summed E-state index contributed by atoms with van der Waals surface area (Å²) in [5, 5.41) is 26.1. The second-order valence-corrected chi connectivity index (χ2v) is 9.91. The lowest BCUT2D eigenvalue weighted by molar-refractivity contribution is 0.0224. The van der Waals surface area contributed by atoms with Gasteiger partial charge in [-0.2, -0.15) is 0 Å². The van der Waals surface area contributed by atoms with E-state index in [2.05, 4.69) is 15.3 Å². The molecule has 0 radical (unpaired) electrons. The molecule has 2 aliphatic heterocycles. The number of hydrogen-bond donors (Lipinski definition) is 3. The van der Waals surface area contributed by atoms with Crippen LogP contribution in [-0.2, 0) is 10.3 Å². The standard InChI is InChI=1S/C24H14Cl4N4O6/c25-12-5-10-17(7-15(12)33)37-18-8-16(34)13(26)6-11(18)24(10)20-19(23(36)38-24)14(27)4-9(21(20)28)22(35)30-2-1-3-31-32-29/h4-8,33-34H,1-3H2,(H,30,35). The molecule has 1 amide bonds. The number of phenols is 2. The Morgan fingerprint density at radius 3 is 2.18 bits per heavy atom. The summed E-state index contributed by atoms with van der Waals surface area (Å²) < 4.78 is 11.9. The van der Waals surface area contributed by atoms with Crippen molar-refractivity contribution in [3.8, 4) is 23.0 Å². The zero-order valence-corrected chi connectivity index (χ0v) is 21.9. The predicted molar refractivity (Wildman–Crippen MR) is 139 cm³/mol. The van der Waals surface area contributed by atoms with E-state index in [0.29, 0.717) is 6.42 Å². The molecule has 0 bridgehead atoms. The third-order valence-electron chi connectivity index (χ3n) is 6.12. The van der Waals surface area contributed by atoms with Gasteiger partial charge in [0.1, 0.15) is 23.0 Å². The third kappa shape index (κ3) is 3.93. The highest BCUT2D eigenvalue weighted by atomic mass is 35.5. The van der Waals surface area contributed by atoms with Gasteiger partial charge in [-0.15, -0.1) is 0 Å². The summed E-state index contributed by atoms with van der Waals surface area (Å²) >= 11 is 25.8. The first kappa shape index (κ1) is 26.1. The van der Waals surface area contributed by atoms with Gasteiger partial charge in [-0.3, -0.25) is 4.79 Å². The molecule has 3 N–H and O–H groups in total. The molecular formula is C24H14Cl4N4O6. The maximum atomic E-state index is 13.3. The van der Waals surface area contributed by atoms with Gasteiger partial charge in [0.15, 0.2) is 5.60 Å². The Morgan fingerprint density at radius 2 is 1.61 bits per heavy atom. The van der Waals surface area contributed by atoms with E-state index < -0.39 is 17.5 Å². The van der Waals surface area contributed by atoms with Crippen LogP contribution in [0.4, 0.5) is 0 Å². The number of nitrogens with one attached hydrogen (secondary N) is 1. The van der Waals surface area contributed by atoms with E-state index in [9.17, 15) is 19.8 Å². The molecule has 0 fully saturated rings. The van der Waals surface area contributed by atoms with Crippen molar-refractivity contribution in [3.05, 3.63) is 88.7 Å². The van der Waals surface area contributed by atoms with Gasteiger partial charge in [-0.25, -0.2) is 4.79 Å². The fraction of sp³-hybridized carbons (Fsp3) is 0.167. The van der Waals surface area contributed by atoms with Gasteiger partial charge in [-0.1, -0.05) is 51.5 Å². The molecule has 0 aliphatic carbocycles. The summed E-state index contributed by atoms with van der Waals surface area (Å²) in [5.41, 5.74) is 6.77. The highest BCUT2D eigenvalue weighted by molar-refractivity contribution is 6.39. The zero-order valence-electron chi connectivity index (χ0n) is 18.9. The molecule has 0 saturated heterocycles. The molecule has 0 saturated carbocycles. The Hall–Kier alpha value is -3.53. The van der Waals surface area contributed by atoms with Crippen LogP contribution in [0.3, 0.4) is 0 Å². The first-order valence-corrected chi connectivity index (χ1v) is 12.4. The van der Waals surface area contributed by atoms with E-state index in [1.807, 2.05) is 0 Å². The molecule has 5 rings (SSSR count). The van der Waals surface area contributed by atoms with Gasteiger partial charge >= 0.3 is 5.97 Å². The summed E-state index contributed by atoms with van der Waals surface area (Å²) in [6.07, 6.45) is 0.375. The Morgan fingerprint density at radius 1 is 1.00 bits per heavy atom. The minimum atomic E-state index is -1.86. The molecule has 14 heteroatoms. The Kier molecular flexibility index (Phi) is 6.63. The molecule has 1 spiro atoms. The number of amides is 1. The fourth-order valence-corrected chi connectivity index (χ4v) is 5.48. The minimum absolute atomic E-state index is 0.0326. The van der Waals surface area contributed by atoms with E-state index in [-0.39, 0.29) is 84.0 Å². The summed E-state index contributed by atoms with van der Waals surface area (Å²) in [5.74, 6) is -1.99. The molecular weight excluding hydrogens is 582 g/mol. The Labute approximate surface area is 234 Å². The van der Waals surface area contributed by atoms with E-state index in [0.717, 1.165) is 0 Å². The largest absolute Gasteiger partial charge is 0.506 e. The average molecular weight is 596 g/mol. The maximum Gasteiger partial charge on any atom is 0.341 e. The minimum Gasteiger partial charge on any atom is -0.506 e. The molecule has 194 valence electrons. The SMILES string of the molecule is [N-]=[N+]=NCCCNC(=O)c1cc(Cl)c2c(c1Cl)C1(OC2=O)c2cc(Cl)c(O)cc2Oc2cc(O)c(Cl)cc21. The molecule has 0 atom stereocenters. The van der Waals surface area contributed by atoms with Crippen molar-refractivity contribution in [2.24, 2.45) is 5.11 Å². The highest BCUT2D eigenvalue weighted by Gasteiger charge is 2.56. The topological polar surface area (TPSA) is 154 Å². The van der Waals surface area contributed by atoms with Crippen molar-refractivity contribution in [1.82, 2.24) is 5.32 Å². The number of ether oxygens (including phenoxy) is 2. The highest BCUT2D eigenvalue weighted by Crippen LogP contribution is 2.61. The number of nitrogens with zero attached hydrogens (tertiary/aromatic N) is 3. The molecule has 2 aliphatic rings. The van der Waals surface area contributed by atoms with Crippen molar-refractivity contribution in [2.75, 3.05) is 13.1 Å². The van der Waals surface area contributed by atoms with Crippen LogP contribution in [-0.4, -0.2) is 35.2 Å². The number of benzene rings is 3. The number of fused-ring (bicyclic) bond motifs is 6. The maximum absolute atomic E-state index is 13.3. The summed E-state index contributed by atoms with van der Waals surface area (Å²) in [6.45, 7) is 0.350. The number of rotatable bonds is 5. The van der Waals surface area contributed by atoms with Crippen LogP contribution in [0, 0.1) is 0 Å². The monoisotopic (exact) mass is 594 g/mol. The Bertz CT molecular complexity index is 1550. The average Bonchev–Trinajstić information content (AvgIpc) is 3.18. The number of azide groups is 1. The zero-order chi connectivity index (χ0) is 27.4. The number of carbonyl (C=O) groups is 2. The lowest BCUT2D eigenvalue weighted by Gasteiger charge is -2.37. The van der Waals surface area contributed by atoms with Gasteiger partial charge in [-0.05, 0) is 30.2 Å². The first-order chi connectivity index (χ1) is 18.1. The van der Waals surface area contributed by atoms with Crippen LogP contribution >= 0.6 is 46.4 Å². The number of aromatic hydroxyl groups is 2. The predicted octanol–water partition coefficient (Wildman–Crippen LogP) is 6.71. The quantitative estimate of drug-likeness (QED) is 0.0979. The van der Waals surface area contributed by atoms with Crippen LogP contribution in [0.15, 0.2) is 35.4 Å². The second-order valence-electron chi connectivity index (χ2n) is 8.31. The van der Waals surface area contributed by atoms with Gasteiger partial charge < -0.3 is 25.0 Å². The van der Waals surface area contributed by atoms with Gasteiger partial charge in [0.2, 0.25) is 0 Å². The van der Waals surface area contributed by atoms with Crippen LogP contribution in [0.5, 0.6) is 23.0 Å². The first-order valence-electron chi connectivity index (χ1n) is 10.9. The van der Waals surface area contributed by atoms with Crippen LogP contribution in [0.1, 0.15) is 43.8 Å². The molecule has 2 heterocycles. The van der Waals surface area contributed by atoms with Crippen LogP contribution in [0.2, 0.25) is 20.1 Å². The van der Waals surface area contributed by atoms with Crippen LogP contribution in [0.25, 0.3) is 10.4 Å². The van der Waals surface area contributed by atoms with Crippen molar-refractivity contribution < 1.29 is 29.3 Å². The number of hydrogen-bond acceptors (Lipinski definition) is 7. The number of carbonyl (C=O) groups excluding carboxylic acids is 2. The van der Waals surface area contributed by atoms with Gasteiger partial charge in [0.05, 0.1) is 31.2 Å². The van der Waals surface area contributed by atoms with E-state index >= 15 is 0 Å². The third-order valence-corrected chi connectivity index (χ3v) is 7.42. The molecule has 3 aromatic carbocycles. The molecule has 0 aromatic heterocycles. The normalized spacial score (nSPS) is 14.1. The molecule has 0 unspecified atom stereocenters. The van der Waals surface area contributed by atoms with Crippen molar-refractivity contribution in [2.45, 2.75) is 12.0 Å². The number of phenolic OH excluding ortho intramolecular Hbond substituents is 2. The summed E-state index contributed by atoms with van der Waals surface area (Å²) in [6, 6.07) is 6.36. The second kappa shape index (κ2) is 9.65. The van der Waals surface area contributed by atoms with Gasteiger partial charge in [0.25, 0.3) is 5.91 Å². The molecule has 3 aromatic rings. The number of esters is 1. The van der Waals surface area contributed by atoms with Gasteiger partial charge in [0, 0.05) is 46.8 Å².